The normalized spacial score (nSPS) is 14.8. The van der Waals surface area contributed by atoms with E-state index in [1.165, 1.54) is 11.1 Å². The van der Waals surface area contributed by atoms with Gasteiger partial charge in [0.1, 0.15) is 5.60 Å². The maximum atomic E-state index is 12.2. The molecule has 0 bridgehead atoms. The van der Waals surface area contributed by atoms with Crippen LogP contribution in [0.3, 0.4) is 0 Å². The second kappa shape index (κ2) is 6.65. The van der Waals surface area contributed by atoms with Gasteiger partial charge in [-0.05, 0) is 63.8 Å². The molecule has 0 saturated carbocycles. The van der Waals surface area contributed by atoms with Gasteiger partial charge in [-0.1, -0.05) is 18.3 Å². The fraction of sp³-hybridized carbons (Fsp3) is 0.529. The van der Waals surface area contributed by atoms with Crippen LogP contribution in [-0.4, -0.2) is 34.7 Å². The van der Waals surface area contributed by atoms with E-state index in [4.69, 9.17) is 17.0 Å². The summed E-state index contributed by atoms with van der Waals surface area (Å²) in [4.78, 5) is 14.8. The zero-order valence-corrected chi connectivity index (χ0v) is 14.5. The van der Waals surface area contributed by atoms with Crippen molar-refractivity contribution in [3.8, 4) is 0 Å². The summed E-state index contributed by atoms with van der Waals surface area (Å²) in [5.74, 6) is 0. The average Bonchev–Trinajstić information content (AvgIpc) is 2.58. The first-order chi connectivity index (χ1) is 10.2. The van der Waals surface area contributed by atoms with Crippen molar-refractivity contribution >= 4 is 29.0 Å². The monoisotopic (exact) mass is 320 g/mol. The van der Waals surface area contributed by atoms with Crippen LogP contribution in [0, 0.1) is 0 Å². The molecule has 1 aromatic rings. The third-order valence-corrected chi connectivity index (χ3v) is 3.58. The Balaban J connectivity index is 2.06. The lowest BCUT2D eigenvalue weighted by atomic mass is 10.0. The summed E-state index contributed by atoms with van der Waals surface area (Å²) in [6.07, 6.45) is 1.46. The number of nitrogens with zero attached hydrogens (tertiary/aromatic N) is 1. The van der Waals surface area contributed by atoms with E-state index in [1.54, 1.807) is 4.90 Å². The molecule has 1 amide bonds. The summed E-state index contributed by atoms with van der Waals surface area (Å²) in [5.41, 5.74) is 3.12. The predicted molar refractivity (Wildman–Crippen MR) is 93.6 cm³/mol. The number of thiocarbonyl (C=S) groups is 1. The summed E-state index contributed by atoms with van der Waals surface area (Å²) >= 11 is 5.08. The number of carbonyl (C=O) groups excluding carboxylic acids is 1. The molecule has 1 aromatic carbocycles. The molecule has 0 aromatic heterocycles. The van der Waals surface area contributed by atoms with Gasteiger partial charge in [-0.25, -0.2) is 4.79 Å². The SMILES string of the molecule is CC(=S)Nc1ccc2c(c1)CCN(C(=O)OC(C)(C)C)CC2. The summed E-state index contributed by atoms with van der Waals surface area (Å²) in [7, 11) is 0. The molecule has 0 radical (unpaired) electrons. The first-order valence-corrected chi connectivity index (χ1v) is 8.03. The molecule has 0 aliphatic carbocycles. The minimum atomic E-state index is -0.454. The molecule has 1 aliphatic heterocycles. The highest BCUT2D eigenvalue weighted by Crippen LogP contribution is 2.21. The molecule has 0 spiro atoms. The Morgan fingerprint density at radius 2 is 1.86 bits per heavy atom. The maximum absolute atomic E-state index is 12.2. The van der Waals surface area contributed by atoms with E-state index < -0.39 is 5.60 Å². The van der Waals surface area contributed by atoms with Crippen LogP contribution in [0.1, 0.15) is 38.8 Å². The quantitative estimate of drug-likeness (QED) is 0.800. The number of carbonyl (C=O) groups is 1. The Labute approximate surface area is 137 Å². The van der Waals surface area contributed by atoms with Crippen LogP contribution in [0.4, 0.5) is 10.5 Å². The number of anilines is 1. The van der Waals surface area contributed by atoms with Crippen molar-refractivity contribution in [3.63, 3.8) is 0 Å². The first kappa shape index (κ1) is 16.7. The van der Waals surface area contributed by atoms with Gasteiger partial charge in [-0.15, -0.1) is 0 Å². The Bertz CT molecular complexity index is 579. The minimum Gasteiger partial charge on any atom is -0.444 e. The van der Waals surface area contributed by atoms with Crippen molar-refractivity contribution in [2.75, 3.05) is 18.4 Å². The number of hydrogen-bond acceptors (Lipinski definition) is 3. The molecule has 4 nitrogen and oxygen atoms in total. The van der Waals surface area contributed by atoms with Crippen molar-refractivity contribution in [2.45, 2.75) is 46.1 Å². The lowest BCUT2D eigenvalue weighted by Gasteiger charge is -2.26. The van der Waals surface area contributed by atoms with Crippen LogP contribution < -0.4 is 5.32 Å². The van der Waals surface area contributed by atoms with Gasteiger partial charge in [0.15, 0.2) is 0 Å². The van der Waals surface area contributed by atoms with E-state index in [-0.39, 0.29) is 6.09 Å². The van der Waals surface area contributed by atoms with Gasteiger partial charge in [0.2, 0.25) is 0 Å². The highest BCUT2D eigenvalue weighted by atomic mass is 32.1. The zero-order chi connectivity index (χ0) is 16.3. The summed E-state index contributed by atoms with van der Waals surface area (Å²) in [6, 6.07) is 6.29. The number of nitrogens with one attached hydrogen (secondary N) is 1. The molecule has 0 saturated heterocycles. The standard InChI is InChI=1S/C17H24N2O2S/c1-12(22)18-15-6-5-13-7-9-19(10-8-14(13)11-15)16(20)21-17(2,3)4/h5-6,11H,7-10H2,1-4H3,(H,18,22). The van der Waals surface area contributed by atoms with Crippen LogP contribution >= 0.6 is 12.2 Å². The first-order valence-electron chi connectivity index (χ1n) is 7.62. The lowest BCUT2D eigenvalue weighted by Crippen LogP contribution is -2.38. The minimum absolute atomic E-state index is 0.228. The van der Waals surface area contributed by atoms with Crippen molar-refractivity contribution in [2.24, 2.45) is 0 Å². The Morgan fingerprint density at radius 3 is 2.45 bits per heavy atom. The molecular formula is C17H24N2O2S. The molecule has 0 atom stereocenters. The number of benzene rings is 1. The number of hydrogen-bond donors (Lipinski definition) is 1. The number of rotatable bonds is 1. The van der Waals surface area contributed by atoms with Crippen LogP contribution in [0.15, 0.2) is 18.2 Å². The molecule has 0 fully saturated rings. The molecular weight excluding hydrogens is 296 g/mol. The van der Waals surface area contributed by atoms with Crippen LogP contribution in [0.5, 0.6) is 0 Å². The molecule has 22 heavy (non-hydrogen) atoms. The molecule has 2 rings (SSSR count). The fourth-order valence-electron chi connectivity index (χ4n) is 2.52. The Kier molecular flexibility index (Phi) is 5.06. The van der Waals surface area contributed by atoms with Gasteiger partial charge in [0.05, 0.1) is 4.99 Å². The number of ether oxygens (including phenoxy) is 1. The molecule has 5 heteroatoms. The summed E-state index contributed by atoms with van der Waals surface area (Å²) in [5, 5.41) is 3.17. The van der Waals surface area contributed by atoms with Crippen molar-refractivity contribution < 1.29 is 9.53 Å². The number of amides is 1. The van der Waals surface area contributed by atoms with Gasteiger partial charge in [-0.2, -0.15) is 0 Å². The van der Waals surface area contributed by atoms with E-state index in [2.05, 4.69) is 17.4 Å². The van der Waals surface area contributed by atoms with Crippen LogP contribution in [-0.2, 0) is 17.6 Å². The van der Waals surface area contributed by atoms with E-state index in [0.29, 0.717) is 13.1 Å². The molecule has 120 valence electrons. The maximum Gasteiger partial charge on any atom is 0.410 e. The van der Waals surface area contributed by atoms with E-state index in [9.17, 15) is 4.79 Å². The Hall–Kier alpha value is -1.62. The van der Waals surface area contributed by atoms with Crippen molar-refractivity contribution in [1.82, 2.24) is 4.90 Å². The number of fused-ring (bicyclic) bond motifs is 1. The molecule has 1 N–H and O–H groups in total. The smallest absolute Gasteiger partial charge is 0.410 e. The summed E-state index contributed by atoms with van der Waals surface area (Å²) < 4.78 is 5.47. The third-order valence-electron chi connectivity index (χ3n) is 3.48. The Morgan fingerprint density at radius 1 is 1.23 bits per heavy atom. The van der Waals surface area contributed by atoms with E-state index in [0.717, 1.165) is 23.5 Å². The second-order valence-electron chi connectivity index (χ2n) is 6.63. The molecule has 1 heterocycles. The highest BCUT2D eigenvalue weighted by Gasteiger charge is 2.24. The predicted octanol–water partition coefficient (Wildman–Crippen LogP) is 3.78. The van der Waals surface area contributed by atoms with Crippen molar-refractivity contribution in [3.05, 3.63) is 29.3 Å². The zero-order valence-electron chi connectivity index (χ0n) is 13.7. The van der Waals surface area contributed by atoms with Gasteiger partial charge >= 0.3 is 6.09 Å². The van der Waals surface area contributed by atoms with E-state index >= 15 is 0 Å². The van der Waals surface area contributed by atoms with Crippen LogP contribution in [0.25, 0.3) is 0 Å². The molecule has 0 unspecified atom stereocenters. The van der Waals surface area contributed by atoms with Gasteiger partial charge < -0.3 is 15.0 Å². The topological polar surface area (TPSA) is 41.6 Å². The van der Waals surface area contributed by atoms with Crippen LogP contribution in [0.2, 0.25) is 0 Å². The van der Waals surface area contributed by atoms with E-state index in [1.807, 2.05) is 33.8 Å². The van der Waals surface area contributed by atoms with Gasteiger partial charge in [-0.3, -0.25) is 0 Å². The fourth-order valence-corrected chi connectivity index (χ4v) is 2.63. The average molecular weight is 320 g/mol. The largest absolute Gasteiger partial charge is 0.444 e. The highest BCUT2D eigenvalue weighted by molar-refractivity contribution is 7.80. The molecule has 1 aliphatic rings. The lowest BCUT2D eigenvalue weighted by molar-refractivity contribution is 0.0258. The third kappa shape index (κ3) is 4.70. The van der Waals surface area contributed by atoms with Crippen molar-refractivity contribution in [1.29, 1.82) is 0 Å². The van der Waals surface area contributed by atoms with Gasteiger partial charge in [0.25, 0.3) is 0 Å². The van der Waals surface area contributed by atoms with Gasteiger partial charge in [0, 0.05) is 18.8 Å². The second-order valence-corrected chi connectivity index (χ2v) is 7.24. The summed E-state index contributed by atoms with van der Waals surface area (Å²) in [6.45, 7) is 8.92.